The highest BCUT2D eigenvalue weighted by Crippen LogP contribution is 2.62. The number of aromatic nitrogens is 1. The van der Waals surface area contributed by atoms with E-state index in [1.165, 1.54) is 12.8 Å². The number of hydrogen-bond donors (Lipinski definition) is 1. The van der Waals surface area contributed by atoms with Crippen molar-refractivity contribution in [1.82, 2.24) is 4.98 Å². The van der Waals surface area contributed by atoms with E-state index in [-0.39, 0.29) is 17.4 Å². The van der Waals surface area contributed by atoms with Crippen molar-refractivity contribution in [2.45, 2.75) is 56.1 Å². The summed E-state index contributed by atoms with van der Waals surface area (Å²) in [7, 11) is 0. The van der Waals surface area contributed by atoms with Crippen LogP contribution in [0.25, 0.3) is 0 Å². The Morgan fingerprint density at radius 1 is 1.05 bits per heavy atom. The zero-order valence-corrected chi connectivity index (χ0v) is 13.1. The molecular formula is C18H25NO3. The van der Waals surface area contributed by atoms with E-state index in [1.807, 2.05) is 18.3 Å². The molecule has 120 valence electrons. The molecule has 3 fully saturated rings. The van der Waals surface area contributed by atoms with Gasteiger partial charge in [0, 0.05) is 29.1 Å². The van der Waals surface area contributed by atoms with Gasteiger partial charge in [-0.05, 0) is 37.8 Å². The summed E-state index contributed by atoms with van der Waals surface area (Å²) < 4.78 is 12.3. The Labute approximate surface area is 131 Å². The molecule has 1 aromatic rings. The molecular weight excluding hydrogens is 278 g/mol. The number of hydrogen-bond acceptors (Lipinski definition) is 4. The van der Waals surface area contributed by atoms with Gasteiger partial charge in [-0.3, -0.25) is 4.98 Å². The Morgan fingerprint density at radius 3 is 2.45 bits per heavy atom. The van der Waals surface area contributed by atoms with Gasteiger partial charge in [0.1, 0.15) is 0 Å². The summed E-state index contributed by atoms with van der Waals surface area (Å²) in [6, 6.07) is 6.02. The van der Waals surface area contributed by atoms with Gasteiger partial charge in [0.15, 0.2) is 5.79 Å². The molecule has 22 heavy (non-hydrogen) atoms. The van der Waals surface area contributed by atoms with Crippen molar-refractivity contribution < 1.29 is 14.6 Å². The van der Waals surface area contributed by atoms with Crippen LogP contribution in [0.2, 0.25) is 0 Å². The van der Waals surface area contributed by atoms with Crippen LogP contribution in [-0.4, -0.2) is 35.7 Å². The maximum Gasteiger partial charge on any atom is 0.174 e. The fourth-order valence-corrected chi connectivity index (χ4v) is 5.17. The van der Waals surface area contributed by atoms with E-state index < -0.39 is 5.79 Å². The van der Waals surface area contributed by atoms with Crippen LogP contribution in [-0.2, 0) is 14.9 Å². The molecule has 0 amide bonds. The van der Waals surface area contributed by atoms with Crippen LogP contribution in [0.5, 0.6) is 0 Å². The predicted molar refractivity (Wildman–Crippen MR) is 82.4 cm³/mol. The van der Waals surface area contributed by atoms with Crippen LogP contribution in [0, 0.1) is 5.41 Å². The second kappa shape index (κ2) is 5.29. The Bertz CT molecular complexity index is 520. The molecule has 1 N–H and O–H groups in total. The number of pyridine rings is 1. The number of ether oxygens (including phenoxy) is 2. The molecule has 2 spiro atoms. The summed E-state index contributed by atoms with van der Waals surface area (Å²) in [5, 5.41) is 10.2. The van der Waals surface area contributed by atoms with Gasteiger partial charge >= 0.3 is 0 Å². The van der Waals surface area contributed by atoms with Crippen molar-refractivity contribution in [3.63, 3.8) is 0 Å². The molecule has 4 nitrogen and oxygen atoms in total. The van der Waals surface area contributed by atoms with Crippen molar-refractivity contribution in [2.75, 3.05) is 19.8 Å². The van der Waals surface area contributed by atoms with Crippen LogP contribution in [0.4, 0.5) is 0 Å². The molecule has 0 radical (unpaired) electrons. The molecule has 4 heteroatoms. The Balaban J connectivity index is 1.73. The molecule has 1 saturated heterocycles. The summed E-state index contributed by atoms with van der Waals surface area (Å²) in [5.74, 6) is -0.406. The summed E-state index contributed by atoms with van der Waals surface area (Å²) in [6.07, 6.45) is 9.25. The van der Waals surface area contributed by atoms with E-state index in [0.29, 0.717) is 13.2 Å². The Kier molecular flexibility index (Phi) is 3.51. The zero-order valence-electron chi connectivity index (χ0n) is 13.1. The average molecular weight is 303 g/mol. The summed E-state index contributed by atoms with van der Waals surface area (Å²) in [6.45, 7) is 1.57. The zero-order chi connectivity index (χ0) is 15.1. The Hall–Kier alpha value is -0.970. The first-order chi connectivity index (χ1) is 10.7. The van der Waals surface area contributed by atoms with Crippen molar-refractivity contribution in [3.05, 3.63) is 30.1 Å². The third-order valence-corrected chi connectivity index (χ3v) is 6.24. The van der Waals surface area contributed by atoms with Gasteiger partial charge in [-0.1, -0.05) is 18.9 Å². The maximum atomic E-state index is 10.2. The van der Waals surface area contributed by atoms with Gasteiger partial charge in [-0.15, -0.1) is 0 Å². The SMILES string of the molecule is OCC1(c2ccccn2)CCC2(OCCO2)C2(CCCC2)C1. The maximum absolute atomic E-state index is 10.2. The van der Waals surface area contributed by atoms with E-state index in [2.05, 4.69) is 11.1 Å². The molecule has 2 heterocycles. The second-order valence-electron chi connectivity index (χ2n) is 7.27. The number of aliphatic hydroxyl groups excluding tert-OH is 1. The lowest BCUT2D eigenvalue weighted by Gasteiger charge is -2.54. The van der Waals surface area contributed by atoms with Gasteiger partial charge in [-0.25, -0.2) is 0 Å². The standard InChI is InChI=1S/C18H25NO3/c20-14-16(15-5-1-4-10-19-15)8-9-18(21-11-12-22-18)17(13-16)6-2-3-7-17/h1,4-5,10,20H,2-3,6-9,11-14H2. The molecule has 2 saturated carbocycles. The van der Waals surface area contributed by atoms with Crippen LogP contribution >= 0.6 is 0 Å². The number of aliphatic hydroxyl groups is 1. The van der Waals surface area contributed by atoms with E-state index in [0.717, 1.165) is 37.8 Å². The molecule has 1 unspecified atom stereocenters. The first-order valence-electron chi connectivity index (χ1n) is 8.55. The van der Waals surface area contributed by atoms with Crippen molar-refractivity contribution in [1.29, 1.82) is 0 Å². The van der Waals surface area contributed by atoms with Crippen LogP contribution in [0.15, 0.2) is 24.4 Å². The van der Waals surface area contributed by atoms with Crippen molar-refractivity contribution >= 4 is 0 Å². The van der Waals surface area contributed by atoms with Gasteiger partial charge in [0.25, 0.3) is 0 Å². The van der Waals surface area contributed by atoms with Crippen molar-refractivity contribution in [2.24, 2.45) is 5.41 Å². The third-order valence-electron chi connectivity index (χ3n) is 6.24. The lowest BCUT2D eigenvalue weighted by molar-refractivity contribution is -0.266. The highest BCUT2D eigenvalue weighted by Gasteiger charge is 2.63. The van der Waals surface area contributed by atoms with E-state index in [1.54, 1.807) is 0 Å². The minimum Gasteiger partial charge on any atom is -0.395 e. The molecule has 0 bridgehead atoms. The lowest BCUT2D eigenvalue weighted by Crippen LogP contribution is -2.57. The fraction of sp³-hybridized carbons (Fsp3) is 0.722. The van der Waals surface area contributed by atoms with Crippen molar-refractivity contribution in [3.8, 4) is 0 Å². The summed E-state index contributed by atoms with van der Waals surface area (Å²) in [5.41, 5.74) is 0.824. The highest BCUT2D eigenvalue weighted by atomic mass is 16.7. The smallest absolute Gasteiger partial charge is 0.174 e. The summed E-state index contributed by atoms with van der Waals surface area (Å²) >= 11 is 0. The summed E-state index contributed by atoms with van der Waals surface area (Å²) in [4.78, 5) is 4.57. The molecule has 1 aromatic heterocycles. The Morgan fingerprint density at radius 2 is 1.82 bits per heavy atom. The molecule has 1 atom stereocenters. The lowest BCUT2D eigenvalue weighted by atomic mass is 9.57. The highest BCUT2D eigenvalue weighted by molar-refractivity contribution is 5.22. The normalized spacial score (nSPS) is 32.8. The number of fused-ring (bicyclic) bond motifs is 1. The molecule has 0 aromatic carbocycles. The molecule has 4 rings (SSSR count). The van der Waals surface area contributed by atoms with Crippen LogP contribution in [0.1, 0.15) is 50.6 Å². The quantitative estimate of drug-likeness (QED) is 0.913. The van der Waals surface area contributed by atoms with Gasteiger partial charge < -0.3 is 14.6 Å². The van der Waals surface area contributed by atoms with E-state index >= 15 is 0 Å². The largest absolute Gasteiger partial charge is 0.395 e. The molecule has 2 aliphatic carbocycles. The topological polar surface area (TPSA) is 51.6 Å². The predicted octanol–water partition coefficient (Wildman–Crippen LogP) is 2.80. The number of nitrogens with zero attached hydrogens (tertiary/aromatic N) is 1. The van der Waals surface area contributed by atoms with E-state index in [9.17, 15) is 5.11 Å². The average Bonchev–Trinajstić information content (AvgIpc) is 3.22. The molecule has 1 aliphatic heterocycles. The first kappa shape index (κ1) is 14.6. The number of rotatable bonds is 2. The van der Waals surface area contributed by atoms with Gasteiger partial charge in [0.05, 0.1) is 19.8 Å². The molecule has 3 aliphatic rings. The van der Waals surface area contributed by atoms with Crippen LogP contribution < -0.4 is 0 Å². The van der Waals surface area contributed by atoms with E-state index in [4.69, 9.17) is 9.47 Å². The third kappa shape index (κ3) is 1.97. The van der Waals surface area contributed by atoms with Gasteiger partial charge in [0.2, 0.25) is 0 Å². The minimum atomic E-state index is -0.406. The second-order valence-corrected chi connectivity index (χ2v) is 7.27. The minimum absolute atomic E-state index is 0.0437. The fourth-order valence-electron chi connectivity index (χ4n) is 5.17. The van der Waals surface area contributed by atoms with Gasteiger partial charge in [-0.2, -0.15) is 0 Å². The first-order valence-corrected chi connectivity index (χ1v) is 8.55. The monoisotopic (exact) mass is 303 g/mol. The van der Waals surface area contributed by atoms with Crippen LogP contribution in [0.3, 0.4) is 0 Å².